The van der Waals surface area contributed by atoms with Crippen molar-refractivity contribution < 1.29 is 9.59 Å². The van der Waals surface area contributed by atoms with E-state index in [-0.39, 0.29) is 10.6 Å². The Bertz CT molecular complexity index is 544. The maximum absolute atomic E-state index is 12.0. The summed E-state index contributed by atoms with van der Waals surface area (Å²) in [5.41, 5.74) is 0.637. The summed E-state index contributed by atoms with van der Waals surface area (Å²) in [6.07, 6.45) is 0. The molecule has 1 amide bonds. The molecule has 0 fully saturated rings. The van der Waals surface area contributed by atoms with Crippen molar-refractivity contribution in [2.75, 3.05) is 18.0 Å². The lowest BCUT2D eigenvalue weighted by Crippen LogP contribution is -2.38. The molecule has 0 saturated heterocycles. The third kappa shape index (κ3) is 2.61. The summed E-state index contributed by atoms with van der Waals surface area (Å²) in [5.74, 6) is -1.16. The van der Waals surface area contributed by atoms with Crippen molar-refractivity contribution in [1.29, 1.82) is 0 Å². The van der Waals surface area contributed by atoms with Gasteiger partial charge in [-0.05, 0) is 12.1 Å². The van der Waals surface area contributed by atoms with Gasteiger partial charge in [-0.15, -0.1) is 0 Å². The number of carbonyl (C=O) groups is 2. The van der Waals surface area contributed by atoms with E-state index < -0.39 is 11.7 Å². The molecular formula is C13H14Cl2N2O2. The van der Waals surface area contributed by atoms with Gasteiger partial charge in [-0.2, -0.15) is 0 Å². The first-order chi connectivity index (χ1) is 8.93. The van der Waals surface area contributed by atoms with Gasteiger partial charge in [0, 0.05) is 19.1 Å². The van der Waals surface area contributed by atoms with E-state index >= 15 is 0 Å². The number of anilines is 1. The van der Waals surface area contributed by atoms with Crippen LogP contribution in [0.1, 0.15) is 24.2 Å². The monoisotopic (exact) mass is 300 g/mol. The summed E-state index contributed by atoms with van der Waals surface area (Å²) < 4.78 is 0. The van der Waals surface area contributed by atoms with Crippen molar-refractivity contribution in [3.8, 4) is 0 Å². The fourth-order valence-electron chi connectivity index (χ4n) is 2.03. The molecule has 0 spiro atoms. The Morgan fingerprint density at radius 3 is 2.47 bits per heavy atom. The van der Waals surface area contributed by atoms with Crippen LogP contribution < -0.4 is 10.2 Å². The van der Waals surface area contributed by atoms with Gasteiger partial charge < -0.3 is 10.2 Å². The molecule has 1 N–H and O–H groups in total. The number of halogens is 2. The van der Waals surface area contributed by atoms with Crippen molar-refractivity contribution in [2.45, 2.75) is 19.9 Å². The molecule has 0 atom stereocenters. The third-order valence-electron chi connectivity index (χ3n) is 2.90. The highest BCUT2D eigenvalue weighted by Gasteiger charge is 2.38. The zero-order chi connectivity index (χ0) is 14.2. The summed E-state index contributed by atoms with van der Waals surface area (Å²) in [4.78, 5) is 25.3. The average molecular weight is 301 g/mol. The summed E-state index contributed by atoms with van der Waals surface area (Å²) in [6, 6.07) is 3.43. The zero-order valence-corrected chi connectivity index (χ0v) is 12.2. The first-order valence-electron chi connectivity index (χ1n) is 6.01. The van der Waals surface area contributed by atoms with Crippen LogP contribution in [-0.2, 0) is 4.79 Å². The molecule has 0 unspecified atom stereocenters. The molecule has 2 rings (SSSR count). The molecular weight excluding hydrogens is 287 g/mol. The lowest BCUT2D eigenvalue weighted by atomic mass is 10.1. The van der Waals surface area contributed by atoms with Crippen molar-refractivity contribution in [1.82, 2.24) is 5.32 Å². The molecule has 0 aliphatic carbocycles. The minimum absolute atomic E-state index is 0.212. The van der Waals surface area contributed by atoms with E-state index in [0.717, 1.165) is 0 Å². The lowest BCUT2D eigenvalue weighted by molar-refractivity contribution is -0.114. The molecule has 1 heterocycles. The van der Waals surface area contributed by atoms with E-state index in [9.17, 15) is 9.59 Å². The zero-order valence-electron chi connectivity index (χ0n) is 10.7. The van der Waals surface area contributed by atoms with Crippen molar-refractivity contribution in [3.05, 3.63) is 27.7 Å². The van der Waals surface area contributed by atoms with Gasteiger partial charge in [0.05, 0.1) is 21.3 Å². The first kappa shape index (κ1) is 14.3. The summed E-state index contributed by atoms with van der Waals surface area (Å²) in [7, 11) is 0. The molecule has 1 aromatic carbocycles. The van der Waals surface area contributed by atoms with Crippen LogP contribution in [0.5, 0.6) is 0 Å². The fraction of sp³-hybridized carbons (Fsp3) is 0.385. The topological polar surface area (TPSA) is 49.4 Å². The Morgan fingerprint density at radius 1 is 1.21 bits per heavy atom. The van der Waals surface area contributed by atoms with Crippen LogP contribution in [0.25, 0.3) is 0 Å². The summed E-state index contributed by atoms with van der Waals surface area (Å²) in [5, 5.41) is 3.82. The molecule has 19 heavy (non-hydrogen) atoms. The number of nitrogens with zero attached hydrogens (tertiary/aromatic N) is 1. The number of fused-ring (bicyclic) bond motifs is 1. The number of hydrogen-bond donors (Lipinski definition) is 1. The Hall–Kier alpha value is -1.10. The number of hydrogen-bond acceptors (Lipinski definition) is 3. The van der Waals surface area contributed by atoms with E-state index in [2.05, 4.69) is 5.32 Å². The van der Waals surface area contributed by atoms with E-state index in [1.54, 1.807) is 6.07 Å². The Kier molecular flexibility index (Phi) is 4.13. The van der Waals surface area contributed by atoms with Crippen LogP contribution >= 0.6 is 23.2 Å². The number of carbonyl (C=O) groups excluding carboxylic acids is 2. The lowest BCUT2D eigenvalue weighted by Gasteiger charge is -2.19. The smallest absolute Gasteiger partial charge is 0.299 e. The molecule has 102 valence electrons. The molecule has 1 aromatic rings. The minimum atomic E-state index is -0.591. The fourth-order valence-corrected chi connectivity index (χ4v) is 2.53. The largest absolute Gasteiger partial charge is 0.313 e. The van der Waals surface area contributed by atoms with Gasteiger partial charge in [0.15, 0.2) is 0 Å². The molecule has 1 aliphatic heterocycles. The summed E-state index contributed by atoms with van der Waals surface area (Å²) in [6.45, 7) is 4.98. The first-order valence-corrected chi connectivity index (χ1v) is 6.76. The van der Waals surface area contributed by atoms with Crippen LogP contribution in [0.2, 0.25) is 10.0 Å². The van der Waals surface area contributed by atoms with Crippen molar-refractivity contribution in [2.24, 2.45) is 0 Å². The second-order valence-electron chi connectivity index (χ2n) is 4.65. The van der Waals surface area contributed by atoms with E-state index in [1.165, 1.54) is 11.0 Å². The highest BCUT2D eigenvalue weighted by molar-refractivity contribution is 6.56. The van der Waals surface area contributed by atoms with Crippen LogP contribution in [0.4, 0.5) is 5.69 Å². The highest BCUT2D eigenvalue weighted by Crippen LogP contribution is 2.39. The van der Waals surface area contributed by atoms with E-state index in [4.69, 9.17) is 23.2 Å². The molecule has 4 nitrogen and oxygen atoms in total. The molecule has 0 bridgehead atoms. The number of rotatable bonds is 4. The van der Waals surface area contributed by atoms with Crippen LogP contribution in [-0.4, -0.2) is 30.8 Å². The third-order valence-corrected chi connectivity index (χ3v) is 3.52. The number of benzene rings is 1. The number of ketones is 1. The normalized spacial score (nSPS) is 14.5. The second kappa shape index (κ2) is 5.49. The molecule has 0 saturated carbocycles. The standard InChI is InChI=1S/C13H14Cl2N2O2/c1-7(2)16-5-6-17-11-9(15)4-3-8(14)10(11)12(18)13(17)19/h3-4,7,16H,5-6H2,1-2H3. The summed E-state index contributed by atoms with van der Waals surface area (Å²) >= 11 is 12.1. The van der Waals surface area contributed by atoms with Gasteiger partial charge in [-0.3, -0.25) is 9.59 Å². The Balaban J connectivity index is 2.31. The predicted molar refractivity (Wildman–Crippen MR) is 76.3 cm³/mol. The van der Waals surface area contributed by atoms with Crippen LogP contribution in [0.15, 0.2) is 12.1 Å². The van der Waals surface area contributed by atoms with Gasteiger partial charge in [-0.1, -0.05) is 37.0 Å². The number of amides is 1. The van der Waals surface area contributed by atoms with Gasteiger partial charge in [-0.25, -0.2) is 0 Å². The quantitative estimate of drug-likeness (QED) is 0.869. The molecule has 6 heteroatoms. The van der Waals surface area contributed by atoms with Gasteiger partial charge in [0.2, 0.25) is 0 Å². The highest BCUT2D eigenvalue weighted by atomic mass is 35.5. The van der Waals surface area contributed by atoms with Crippen LogP contribution in [0.3, 0.4) is 0 Å². The molecule has 1 aliphatic rings. The average Bonchev–Trinajstić information content (AvgIpc) is 2.59. The van der Waals surface area contributed by atoms with Gasteiger partial charge in [0.1, 0.15) is 0 Å². The maximum atomic E-state index is 12.0. The molecule has 0 aromatic heterocycles. The van der Waals surface area contributed by atoms with Crippen LogP contribution in [0, 0.1) is 0 Å². The van der Waals surface area contributed by atoms with E-state index in [0.29, 0.717) is 29.8 Å². The minimum Gasteiger partial charge on any atom is -0.313 e. The van der Waals surface area contributed by atoms with Gasteiger partial charge >= 0.3 is 0 Å². The predicted octanol–water partition coefficient (Wildman–Crippen LogP) is 2.52. The van der Waals surface area contributed by atoms with E-state index in [1.807, 2.05) is 13.8 Å². The Labute approximate surface area is 121 Å². The van der Waals surface area contributed by atoms with Crippen molar-refractivity contribution in [3.63, 3.8) is 0 Å². The molecule has 0 radical (unpaired) electrons. The Morgan fingerprint density at radius 2 is 1.84 bits per heavy atom. The second-order valence-corrected chi connectivity index (χ2v) is 5.46. The number of Topliss-reactive ketones (excluding diaryl/α,β-unsaturated/α-hetero) is 1. The van der Waals surface area contributed by atoms with Crippen molar-refractivity contribution >= 4 is 40.6 Å². The van der Waals surface area contributed by atoms with Gasteiger partial charge in [0.25, 0.3) is 11.7 Å². The SMILES string of the molecule is CC(C)NCCN1C(=O)C(=O)c2c(Cl)ccc(Cl)c21. The number of nitrogens with one attached hydrogen (secondary N) is 1. The maximum Gasteiger partial charge on any atom is 0.299 e.